The lowest BCUT2D eigenvalue weighted by Crippen LogP contribution is -2.51. The fourth-order valence-electron chi connectivity index (χ4n) is 3.87. The van der Waals surface area contributed by atoms with Crippen molar-refractivity contribution in [3.8, 4) is 0 Å². The highest BCUT2D eigenvalue weighted by Gasteiger charge is 2.26. The van der Waals surface area contributed by atoms with Gasteiger partial charge in [0.1, 0.15) is 5.69 Å². The van der Waals surface area contributed by atoms with Crippen LogP contribution in [0.2, 0.25) is 5.02 Å². The van der Waals surface area contributed by atoms with Crippen molar-refractivity contribution in [2.45, 2.75) is 32.1 Å². The second-order valence-corrected chi connectivity index (χ2v) is 7.74. The van der Waals surface area contributed by atoms with Gasteiger partial charge in [0.2, 0.25) is 5.91 Å². The van der Waals surface area contributed by atoms with E-state index in [0.29, 0.717) is 43.4 Å². The van der Waals surface area contributed by atoms with Crippen LogP contribution in [-0.4, -0.2) is 66.4 Å². The molecule has 0 atom stereocenters. The third-order valence-electron chi connectivity index (χ3n) is 5.41. The maximum atomic E-state index is 12.7. The minimum absolute atomic E-state index is 0.0166. The summed E-state index contributed by atoms with van der Waals surface area (Å²) >= 11 is 5.90. The smallest absolute Gasteiger partial charge is 0.294 e. The zero-order valence-electron chi connectivity index (χ0n) is 15.6. The predicted molar refractivity (Wildman–Crippen MR) is 106 cm³/mol. The SMILES string of the molecule is O=C(CN1CCCCCCC1)N1CCN(c2ccc(Cl)cc2[N+](=O)[O-])CC1. The van der Waals surface area contributed by atoms with Crippen molar-refractivity contribution in [1.82, 2.24) is 9.80 Å². The highest BCUT2D eigenvalue weighted by atomic mass is 35.5. The van der Waals surface area contributed by atoms with E-state index < -0.39 is 4.92 Å². The number of hydrogen-bond acceptors (Lipinski definition) is 5. The van der Waals surface area contributed by atoms with Crippen molar-refractivity contribution in [3.05, 3.63) is 33.3 Å². The Hall–Kier alpha value is -1.86. The Morgan fingerprint density at radius 3 is 2.26 bits per heavy atom. The number of piperazine rings is 1. The van der Waals surface area contributed by atoms with Crippen LogP contribution < -0.4 is 4.90 Å². The predicted octanol–water partition coefficient (Wildman–Crippen LogP) is 3.16. The van der Waals surface area contributed by atoms with Crippen LogP contribution >= 0.6 is 11.6 Å². The van der Waals surface area contributed by atoms with Crippen LogP contribution in [0.1, 0.15) is 32.1 Å². The first kappa shape index (κ1) is 19.9. The molecule has 2 heterocycles. The molecular weight excluding hydrogens is 368 g/mol. The Kier molecular flexibility index (Phi) is 6.90. The van der Waals surface area contributed by atoms with Crippen molar-refractivity contribution in [1.29, 1.82) is 0 Å². The normalized spacial score (nSPS) is 19.4. The molecule has 1 aromatic carbocycles. The molecule has 0 bridgehead atoms. The minimum atomic E-state index is -0.402. The Morgan fingerprint density at radius 1 is 1.00 bits per heavy atom. The quantitative estimate of drug-likeness (QED) is 0.579. The largest absolute Gasteiger partial charge is 0.362 e. The topological polar surface area (TPSA) is 69.9 Å². The van der Waals surface area contributed by atoms with Crippen molar-refractivity contribution >= 4 is 28.9 Å². The van der Waals surface area contributed by atoms with Crippen LogP contribution in [0.5, 0.6) is 0 Å². The Balaban J connectivity index is 1.55. The lowest BCUT2D eigenvalue weighted by Gasteiger charge is -2.37. The van der Waals surface area contributed by atoms with Crippen LogP contribution in [0.3, 0.4) is 0 Å². The summed E-state index contributed by atoms with van der Waals surface area (Å²) in [7, 11) is 0. The molecule has 8 heteroatoms. The van der Waals surface area contributed by atoms with Gasteiger partial charge >= 0.3 is 0 Å². The van der Waals surface area contributed by atoms with E-state index in [0.717, 1.165) is 13.1 Å². The van der Waals surface area contributed by atoms with Gasteiger partial charge in [-0.1, -0.05) is 30.9 Å². The van der Waals surface area contributed by atoms with E-state index in [2.05, 4.69) is 4.90 Å². The fourth-order valence-corrected chi connectivity index (χ4v) is 4.04. The standard InChI is InChI=1S/C19H27ClN4O3/c20-16-6-7-17(18(14-16)24(26)27)22-10-12-23(13-11-22)19(25)15-21-8-4-2-1-3-5-9-21/h6-7,14H,1-5,8-13,15H2. The number of anilines is 1. The van der Waals surface area contributed by atoms with Crippen LogP contribution in [0.25, 0.3) is 0 Å². The number of amides is 1. The Bertz CT molecular complexity index is 669. The van der Waals surface area contributed by atoms with Gasteiger partial charge in [0.25, 0.3) is 5.69 Å². The molecule has 0 aromatic heterocycles. The lowest BCUT2D eigenvalue weighted by molar-refractivity contribution is -0.384. The first-order valence-corrected chi connectivity index (χ1v) is 10.1. The van der Waals surface area contributed by atoms with E-state index in [9.17, 15) is 14.9 Å². The van der Waals surface area contributed by atoms with Crippen molar-refractivity contribution in [3.63, 3.8) is 0 Å². The summed E-state index contributed by atoms with van der Waals surface area (Å²) in [5, 5.41) is 11.7. The molecule has 0 aliphatic carbocycles. The van der Waals surface area contributed by atoms with Crippen LogP contribution in [0.15, 0.2) is 18.2 Å². The molecule has 148 valence electrons. The number of hydrogen-bond donors (Lipinski definition) is 0. The van der Waals surface area contributed by atoms with Gasteiger partial charge in [0.15, 0.2) is 0 Å². The number of nitrogens with zero attached hydrogens (tertiary/aromatic N) is 4. The van der Waals surface area contributed by atoms with E-state index in [1.54, 1.807) is 12.1 Å². The Labute approximate surface area is 165 Å². The van der Waals surface area contributed by atoms with Gasteiger partial charge in [-0.15, -0.1) is 0 Å². The van der Waals surface area contributed by atoms with Gasteiger partial charge in [-0.05, 0) is 38.1 Å². The average molecular weight is 395 g/mol. The molecule has 0 spiro atoms. The highest BCUT2D eigenvalue weighted by molar-refractivity contribution is 6.30. The van der Waals surface area contributed by atoms with E-state index in [1.807, 2.05) is 9.80 Å². The third kappa shape index (κ3) is 5.32. The third-order valence-corrected chi connectivity index (χ3v) is 5.65. The number of nitro groups is 1. The summed E-state index contributed by atoms with van der Waals surface area (Å²) in [5.41, 5.74) is 0.586. The number of carbonyl (C=O) groups is 1. The van der Waals surface area contributed by atoms with Crippen LogP contribution in [0.4, 0.5) is 11.4 Å². The molecule has 2 aliphatic rings. The number of nitro benzene ring substituents is 1. The Morgan fingerprint density at radius 2 is 1.63 bits per heavy atom. The summed E-state index contributed by atoms with van der Waals surface area (Å²) in [4.78, 5) is 29.7. The first-order valence-electron chi connectivity index (χ1n) is 9.73. The molecule has 2 aliphatic heterocycles. The van der Waals surface area contributed by atoms with Gasteiger partial charge in [-0.3, -0.25) is 19.8 Å². The molecule has 0 unspecified atom stereocenters. The first-order chi connectivity index (χ1) is 13.0. The molecule has 0 radical (unpaired) electrons. The zero-order chi connectivity index (χ0) is 19.2. The van der Waals surface area contributed by atoms with Gasteiger partial charge in [-0.25, -0.2) is 0 Å². The molecule has 3 rings (SSSR count). The summed E-state index contributed by atoms with van der Waals surface area (Å²) in [5.74, 6) is 0.167. The monoisotopic (exact) mass is 394 g/mol. The van der Waals surface area contributed by atoms with E-state index in [4.69, 9.17) is 11.6 Å². The van der Waals surface area contributed by atoms with E-state index in [1.165, 1.54) is 38.2 Å². The molecule has 27 heavy (non-hydrogen) atoms. The second-order valence-electron chi connectivity index (χ2n) is 7.30. The fraction of sp³-hybridized carbons (Fsp3) is 0.632. The molecule has 2 saturated heterocycles. The van der Waals surface area contributed by atoms with Crippen molar-refractivity contribution in [2.75, 3.05) is 50.7 Å². The molecule has 1 aromatic rings. The highest BCUT2D eigenvalue weighted by Crippen LogP contribution is 2.31. The zero-order valence-corrected chi connectivity index (χ0v) is 16.4. The van der Waals surface area contributed by atoms with Gasteiger partial charge in [0.05, 0.1) is 11.5 Å². The summed E-state index contributed by atoms with van der Waals surface area (Å²) in [6, 6.07) is 4.75. The maximum absolute atomic E-state index is 12.7. The molecular formula is C19H27ClN4O3. The molecule has 0 saturated carbocycles. The minimum Gasteiger partial charge on any atom is -0.362 e. The van der Waals surface area contributed by atoms with Gasteiger partial charge in [-0.2, -0.15) is 0 Å². The number of likely N-dealkylation sites (tertiary alicyclic amines) is 1. The summed E-state index contributed by atoms with van der Waals surface area (Å²) in [6.07, 6.45) is 6.15. The van der Waals surface area contributed by atoms with Crippen molar-refractivity contribution in [2.24, 2.45) is 0 Å². The van der Waals surface area contributed by atoms with Crippen LogP contribution in [-0.2, 0) is 4.79 Å². The van der Waals surface area contributed by atoms with Gasteiger partial charge < -0.3 is 9.80 Å². The van der Waals surface area contributed by atoms with Crippen molar-refractivity contribution < 1.29 is 9.72 Å². The number of carbonyl (C=O) groups excluding carboxylic acids is 1. The maximum Gasteiger partial charge on any atom is 0.294 e. The van der Waals surface area contributed by atoms with E-state index in [-0.39, 0.29) is 11.6 Å². The molecule has 7 nitrogen and oxygen atoms in total. The number of rotatable bonds is 4. The summed E-state index contributed by atoms with van der Waals surface area (Å²) < 4.78 is 0. The average Bonchev–Trinajstić information content (AvgIpc) is 2.64. The summed E-state index contributed by atoms with van der Waals surface area (Å²) in [6.45, 7) is 4.85. The number of halogens is 1. The van der Waals surface area contributed by atoms with E-state index >= 15 is 0 Å². The lowest BCUT2D eigenvalue weighted by atomic mass is 10.1. The van der Waals surface area contributed by atoms with Gasteiger partial charge in [0, 0.05) is 37.3 Å². The molecule has 1 amide bonds. The second kappa shape index (κ2) is 9.37. The van der Waals surface area contributed by atoms with Crippen LogP contribution in [0, 0.1) is 10.1 Å². The molecule has 0 N–H and O–H groups in total. The molecule has 2 fully saturated rings. The number of benzene rings is 1.